The maximum absolute atomic E-state index is 12.1. The molecule has 0 unspecified atom stereocenters. The molecule has 0 aliphatic heterocycles. The summed E-state index contributed by atoms with van der Waals surface area (Å²) in [5.41, 5.74) is 0.983. The zero-order valence-corrected chi connectivity index (χ0v) is 12.5. The number of phenols is 1. The van der Waals surface area contributed by atoms with E-state index in [1.807, 2.05) is 6.92 Å². The van der Waals surface area contributed by atoms with E-state index in [4.69, 9.17) is 9.29 Å². The summed E-state index contributed by atoms with van der Waals surface area (Å²) in [7, 11) is -4.02. The van der Waals surface area contributed by atoms with Crippen LogP contribution in [0.2, 0.25) is 0 Å². The molecule has 2 N–H and O–H groups in total. The molecule has 0 heterocycles. The van der Waals surface area contributed by atoms with E-state index in [2.05, 4.69) is 0 Å². The van der Waals surface area contributed by atoms with Crippen LogP contribution in [0.5, 0.6) is 11.5 Å². The molecule has 0 aliphatic rings. The van der Waals surface area contributed by atoms with Gasteiger partial charge in [-0.2, -0.15) is 8.42 Å². The van der Waals surface area contributed by atoms with Crippen molar-refractivity contribution in [2.45, 2.75) is 18.2 Å². The first-order valence-electron chi connectivity index (χ1n) is 6.33. The van der Waals surface area contributed by atoms with Gasteiger partial charge in [-0.25, -0.2) is 0 Å². The van der Waals surface area contributed by atoms with Crippen LogP contribution in [0.25, 0.3) is 0 Å². The minimum atomic E-state index is -4.02. The van der Waals surface area contributed by atoms with Crippen LogP contribution in [0.1, 0.15) is 11.1 Å². The summed E-state index contributed by atoms with van der Waals surface area (Å²) < 4.78 is 29.2. The molecule has 0 fully saturated rings. The first kappa shape index (κ1) is 15.8. The third-order valence-electron chi connectivity index (χ3n) is 2.91. The number of hydrogen-bond donors (Lipinski definition) is 2. The summed E-state index contributed by atoms with van der Waals surface area (Å²) in [5, 5.41) is 18.3. The van der Waals surface area contributed by atoms with Gasteiger partial charge in [-0.1, -0.05) is 17.7 Å². The van der Waals surface area contributed by atoms with Crippen LogP contribution >= 0.6 is 0 Å². The Morgan fingerprint density at radius 2 is 1.77 bits per heavy atom. The van der Waals surface area contributed by atoms with Gasteiger partial charge in [0.25, 0.3) is 0 Å². The van der Waals surface area contributed by atoms with Gasteiger partial charge in [0.15, 0.2) is 0 Å². The maximum Gasteiger partial charge on any atom is 0.339 e. The molecule has 0 atom stereocenters. The zero-order valence-electron chi connectivity index (χ0n) is 11.7. The van der Waals surface area contributed by atoms with Gasteiger partial charge in [0, 0.05) is 5.56 Å². The lowest BCUT2D eigenvalue weighted by Gasteiger charge is -2.09. The Morgan fingerprint density at radius 3 is 2.36 bits per heavy atom. The quantitative estimate of drug-likeness (QED) is 0.818. The van der Waals surface area contributed by atoms with Crippen molar-refractivity contribution in [2.75, 3.05) is 0 Å². The Balaban J connectivity index is 2.29. The first-order valence-corrected chi connectivity index (χ1v) is 7.73. The second-order valence-electron chi connectivity index (χ2n) is 4.71. The number of carboxylic acid groups (broad SMARTS) is 1. The van der Waals surface area contributed by atoms with E-state index in [0.717, 1.165) is 5.56 Å². The molecule has 0 saturated heterocycles. The van der Waals surface area contributed by atoms with Crippen LogP contribution in [0, 0.1) is 6.92 Å². The molecule has 0 spiro atoms. The van der Waals surface area contributed by atoms with Crippen molar-refractivity contribution in [3.05, 3.63) is 53.6 Å². The average Bonchev–Trinajstić information content (AvgIpc) is 2.42. The third-order valence-corrected chi connectivity index (χ3v) is 4.17. The fourth-order valence-electron chi connectivity index (χ4n) is 1.80. The molecule has 2 aromatic carbocycles. The molecule has 0 amide bonds. The number of carboxylic acids is 1. The molecule has 0 bridgehead atoms. The maximum atomic E-state index is 12.1. The van der Waals surface area contributed by atoms with Crippen molar-refractivity contribution in [1.82, 2.24) is 0 Å². The van der Waals surface area contributed by atoms with Crippen molar-refractivity contribution in [3.63, 3.8) is 0 Å². The second kappa shape index (κ2) is 6.07. The summed E-state index contributed by atoms with van der Waals surface area (Å²) >= 11 is 0. The fraction of sp³-hybridized carbons (Fsp3) is 0.133. The third kappa shape index (κ3) is 3.76. The monoisotopic (exact) mass is 322 g/mol. The Labute approximate surface area is 127 Å². The smallest absolute Gasteiger partial charge is 0.339 e. The van der Waals surface area contributed by atoms with Crippen molar-refractivity contribution in [1.29, 1.82) is 0 Å². The molecule has 2 aromatic rings. The normalized spacial score (nSPS) is 11.1. The lowest BCUT2D eigenvalue weighted by Crippen LogP contribution is -2.10. The van der Waals surface area contributed by atoms with E-state index in [1.165, 1.54) is 30.3 Å². The van der Waals surface area contributed by atoms with E-state index in [-0.39, 0.29) is 22.0 Å². The van der Waals surface area contributed by atoms with Crippen molar-refractivity contribution in [3.8, 4) is 11.5 Å². The fourth-order valence-corrected chi connectivity index (χ4v) is 2.72. The van der Waals surface area contributed by atoms with Gasteiger partial charge >= 0.3 is 16.1 Å². The number of rotatable bonds is 5. The van der Waals surface area contributed by atoms with Crippen LogP contribution in [-0.4, -0.2) is 24.6 Å². The van der Waals surface area contributed by atoms with E-state index in [1.54, 1.807) is 12.1 Å². The molecular formula is C15H14O6S. The van der Waals surface area contributed by atoms with Crippen molar-refractivity contribution >= 4 is 16.1 Å². The van der Waals surface area contributed by atoms with Crippen LogP contribution in [0.3, 0.4) is 0 Å². The Morgan fingerprint density at radius 1 is 1.14 bits per heavy atom. The van der Waals surface area contributed by atoms with E-state index in [0.29, 0.717) is 0 Å². The molecule has 7 heteroatoms. The lowest BCUT2D eigenvalue weighted by atomic mass is 10.1. The number of aromatic hydroxyl groups is 1. The van der Waals surface area contributed by atoms with Gasteiger partial charge in [0.1, 0.15) is 16.4 Å². The molecule has 6 nitrogen and oxygen atoms in total. The predicted molar refractivity (Wildman–Crippen MR) is 78.4 cm³/mol. The van der Waals surface area contributed by atoms with E-state index in [9.17, 15) is 18.3 Å². The van der Waals surface area contributed by atoms with Crippen LogP contribution in [0.4, 0.5) is 0 Å². The van der Waals surface area contributed by atoms with Crippen LogP contribution in [0.15, 0.2) is 47.4 Å². The van der Waals surface area contributed by atoms with Gasteiger partial charge in [0.2, 0.25) is 0 Å². The highest BCUT2D eigenvalue weighted by atomic mass is 32.2. The molecule has 0 radical (unpaired) electrons. The van der Waals surface area contributed by atoms with Gasteiger partial charge in [-0.15, -0.1) is 0 Å². The van der Waals surface area contributed by atoms with Gasteiger partial charge in [0.05, 0.1) is 6.42 Å². The Hall–Kier alpha value is -2.54. The van der Waals surface area contributed by atoms with Crippen molar-refractivity contribution < 1.29 is 27.6 Å². The summed E-state index contributed by atoms with van der Waals surface area (Å²) in [6, 6.07) is 9.76. The number of aliphatic carboxylic acids is 1. The summed E-state index contributed by atoms with van der Waals surface area (Å²) in [6.07, 6.45) is -0.437. The van der Waals surface area contributed by atoms with Gasteiger partial charge in [-0.05, 0) is 37.3 Å². The molecule has 116 valence electrons. The molecule has 0 aromatic heterocycles. The predicted octanol–water partition coefficient (Wildman–Crippen LogP) is 2.10. The average molecular weight is 322 g/mol. The molecular weight excluding hydrogens is 308 g/mol. The molecule has 22 heavy (non-hydrogen) atoms. The summed E-state index contributed by atoms with van der Waals surface area (Å²) in [5.74, 6) is -1.44. The number of aryl methyl sites for hydroxylation is 1. The topological polar surface area (TPSA) is 101 Å². The number of carbonyl (C=O) groups is 1. The highest BCUT2D eigenvalue weighted by molar-refractivity contribution is 7.87. The highest BCUT2D eigenvalue weighted by Crippen LogP contribution is 2.26. The van der Waals surface area contributed by atoms with E-state index >= 15 is 0 Å². The Bertz CT molecular complexity index is 793. The lowest BCUT2D eigenvalue weighted by molar-refractivity contribution is -0.136. The number of benzene rings is 2. The van der Waals surface area contributed by atoms with Crippen molar-refractivity contribution in [2.24, 2.45) is 0 Å². The molecule has 0 aliphatic carbocycles. The summed E-state index contributed by atoms with van der Waals surface area (Å²) in [4.78, 5) is 10.7. The number of hydrogen-bond acceptors (Lipinski definition) is 5. The van der Waals surface area contributed by atoms with Crippen LogP contribution < -0.4 is 4.18 Å². The second-order valence-corrected chi connectivity index (χ2v) is 6.26. The van der Waals surface area contributed by atoms with E-state index < -0.39 is 22.5 Å². The largest absolute Gasteiger partial charge is 0.508 e. The summed E-state index contributed by atoms with van der Waals surface area (Å²) in [6.45, 7) is 1.83. The minimum Gasteiger partial charge on any atom is -0.508 e. The zero-order chi connectivity index (χ0) is 16.3. The Kier molecular flexibility index (Phi) is 4.37. The molecule has 2 rings (SSSR count). The minimum absolute atomic E-state index is 0.00837. The highest BCUT2D eigenvalue weighted by Gasteiger charge is 2.17. The van der Waals surface area contributed by atoms with Gasteiger partial charge in [-0.3, -0.25) is 4.79 Å². The molecule has 0 saturated carbocycles. The number of phenolic OH excluding ortho intramolecular Hbond substituents is 1. The van der Waals surface area contributed by atoms with Crippen LogP contribution in [-0.2, 0) is 21.3 Å². The standard InChI is InChI=1S/C15H14O6S/c1-10-2-5-13(6-3-10)22(19,20)21-12-4-7-14(16)11(8-12)9-15(17)18/h2-8,16H,9H2,1H3,(H,17,18). The SMILES string of the molecule is Cc1ccc(S(=O)(=O)Oc2ccc(O)c(CC(=O)O)c2)cc1. The first-order chi connectivity index (χ1) is 10.3. The van der Waals surface area contributed by atoms with Gasteiger partial charge < -0.3 is 14.4 Å².